The first kappa shape index (κ1) is 14.3. The highest BCUT2D eigenvalue weighted by Crippen LogP contribution is 2.21. The van der Waals surface area contributed by atoms with Crippen LogP contribution in [0.4, 0.5) is 0 Å². The summed E-state index contributed by atoms with van der Waals surface area (Å²) >= 11 is 0. The van der Waals surface area contributed by atoms with Crippen molar-refractivity contribution >= 4 is 0 Å². The molecule has 0 spiro atoms. The molecule has 2 heterocycles. The summed E-state index contributed by atoms with van der Waals surface area (Å²) in [6.07, 6.45) is 7.32. The molecule has 21 heavy (non-hydrogen) atoms. The Morgan fingerprint density at radius 2 is 1.90 bits per heavy atom. The molecule has 2 N–H and O–H groups in total. The minimum atomic E-state index is 0.693. The van der Waals surface area contributed by atoms with E-state index < -0.39 is 0 Å². The summed E-state index contributed by atoms with van der Waals surface area (Å²) in [5.41, 5.74) is 9.27. The van der Waals surface area contributed by atoms with Crippen LogP contribution in [0.15, 0.2) is 36.7 Å². The minimum Gasteiger partial charge on any atom is -0.381 e. The molecule has 4 nitrogen and oxygen atoms in total. The molecule has 1 aromatic heterocycles. The average molecular weight is 285 g/mol. The number of nitrogens with two attached hydrogens (primary N) is 1. The number of hydrogen-bond acceptors (Lipinski definition) is 3. The van der Waals surface area contributed by atoms with Crippen LogP contribution in [0.3, 0.4) is 0 Å². The fourth-order valence-corrected chi connectivity index (χ4v) is 2.84. The zero-order valence-electron chi connectivity index (χ0n) is 12.4. The van der Waals surface area contributed by atoms with Gasteiger partial charge in [-0.3, -0.25) is 4.68 Å². The third kappa shape index (κ3) is 3.71. The summed E-state index contributed by atoms with van der Waals surface area (Å²) in [5, 5.41) is 4.50. The van der Waals surface area contributed by atoms with Gasteiger partial charge in [0, 0.05) is 31.5 Å². The lowest BCUT2D eigenvalue weighted by Gasteiger charge is -2.21. The van der Waals surface area contributed by atoms with Crippen LogP contribution in [-0.4, -0.2) is 29.5 Å². The molecule has 1 saturated heterocycles. The maximum absolute atomic E-state index is 5.58. The van der Waals surface area contributed by atoms with E-state index in [-0.39, 0.29) is 0 Å². The van der Waals surface area contributed by atoms with Crippen molar-refractivity contribution in [2.24, 2.45) is 11.7 Å². The van der Waals surface area contributed by atoms with Gasteiger partial charge < -0.3 is 10.5 Å². The van der Waals surface area contributed by atoms with Gasteiger partial charge in [0.15, 0.2) is 0 Å². The van der Waals surface area contributed by atoms with E-state index in [1.807, 2.05) is 6.20 Å². The molecule has 2 aromatic rings. The molecule has 0 amide bonds. The predicted molar refractivity (Wildman–Crippen MR) is 84.0 cm³/mol. The van der Waals surface area contributed by atoms with Crippen LogP contribution >= 0.6 is 0 Å². The fourth-order valence-electron chi connectivity index (χ4n) is 2.84. The highest BCUT2D eigenvalue weighted by Gasteiger charge is 2.14. The molecule has 0 atom stereocenters. The second-order valence-electron chi connectivity index (χ2n) is 5.74. The minimum absolute atomic E-state index is 0.693. The highest BCUT2D eigenvalue weighted by atomic mass is 16.5. The van der Waals surface area contributed by atoms with E-state index in [2.05, 4.69) is 40.2 Å². The van der Waals surface area contributed by atoms with Crippen LogP contribution in [0.1, 0.15) is 18.4 Å². The second-order valence-corrected chi connectivity index (χ2v) is 5.74. The van der Waals surface area contributed by atoms with Gasteiger partial charge in [0.2, 0.25) is 0 Å². The molecule has 0 aliphatic carbocycles. The topological polar surface area (TPSA) is 53.1 Å². The Morgan fingerprint density at radius 3 is 2.62 bits per heavy atom. The quantitative estimate of drug-likeness (QED) is 0.918. The number of benzene rings is 1. The molecule has 1 aromatic carbocycles. The number of aromatic nitrogens is 2. The lowest BCUT2D eigenvalue weighted by molar-refractivity contribution is 0.0601. The van der Waals surface area contributed by atoms with E-state index in [0.717, 1.165) is 39.0 Å². The standard InChI is InChI=1S/C17H23N3O/c18-8-5-14-1-3-16(4-2-14)17-11-19-20(13-17)12-15-6-9-21-10-7-15/h1-4,11,13,15H,5-10,12,18H2. The van der Waals surface area contributed by atoms with Crippen molar-refractivity contribution in [3.05, 3.63) is 42.2 Å². The number of rotatable bonds is 5. The van der Waals surface area contributed by atoms with E-state index in [9.17, 15) is 0 Å². The Morgan fingerprint density at radius 1 is 1.14 bits per heavy atom. The van der Waals surface area contributed by atoms with Crippen LogP contribution < -0.4 is 5.73 Å². The van der Waals surface area contributed by atoms with Crippen molar-refractivity contribution in [3.8, 4) is 11.1 Å². The molecule has 0 unspecified atom stereocenters. The Hall–Kier alpha value is -1.65. The van der Waals surface area contributed by atoms with Crippen molar-refractivity contribution in [1.82, 2.24) is 9.78 Å². The zero-order chi connectivity index (χ0) is 14.5. The van der Waals surface area contributed by atoms with E-state index in [1.54, 1.807) is 0 Å². The lowest BCUT2D eigenvalue weighted by atomic mass is 10.0. The summed E-state index contributed by atoms with van der Waals surface area (Å²) in [4.78, 5) is 0. The second kappa shape index (κ2) is 6.87. The van der Waals surface area contributed by atoms with Gasteiger partial charge in [0.25, 0.3) is 0 Å². The lowest BCUT2D eigenvalue weighted by Crippen LogP contribution is -2.20. The SMILES string of the molecule is NCCc1ccc(-c2cnn(CC3CCOCC3)c2)cc1. The smallest absolute Gasteiger partial charge is 0.0568 e. The van der Waals surface area contributed by atoms with Crippen molar-refractivity contribution in [2.45, 2.75) is 25.8 Å². The van der Waals surface area contributed by atoms with E-state index in [1.165, 1.54) is 16.7 Å². The van der Waals surface area contributed by atoms with Gasteiger partial charge in [-0.05, 0) is 42.9 Å². The molecular formula is C17H23N3O. The maximum atomic E-state index is 5.58. The average Bonchev–Trinajstić information content (AvgIpc) is 2.98. The first-order chi connectivity index (χ1) is 10.3. The first-order valence-corrected chi connectivity index (χ1v) is 7.75. The molecule has 1 aliphatic rings. The van der Waals surface area contributed by atoms with Gasteiger partial charge in [0.1, 0.15) is 0 Å². The van der Waals surface area contributed by atoms with E-state index >= 15 is 0 Å². The van der Waals surface area contributed by atoms with Gasteiger partial charge in [-0.25, -0.2) is 0 Å². The Kier molecular flexibility index (Phi) is 4.68. The maximum Gasteiger partial charge on any atom is 0.0568 e. The van der Waals surface area contributed by atoms with E-state index in [0.29, 0.717) is 12.5 Å². The Balaban J connectivity index is 1.66. The predicted octanol–water partition coefficient (Wildman–Crippen LogP) is 2.48. The third-order valence-electron chi connectivity index (χ3n) is 4.14. The number of hydrogen-bond donors (Lipinski definition) is 1. The summed E-state index contributed by atoms with van der Waals surface area (Å²) < 4.78 is 7.47. The molecule has 3 rings (SSSR count). The molecular weight excluding hydrogens is 262 g/mol. The van der Waals surface area contributed by atoms with Crippen molar-refractivity contribution in [2.75, 3.05) is 19.8 Å². The third-order valence-corrected chi connectivity index (χ3v) is 4.14. The number of ether oxygens (including phenoxy) is 1. The monoisotopic (exact) mass is 285 g/mol. The molecule has 1 fully saturated rings. The molecule has 1 aliphatic heterocycles. The fraction of sp³-hybridized carbons (Fsp3) is 0.471. The molecule has 112 valence electrons. The Labute approximate surface area is 125 Å². The molecule has 4 heteroatoms. The van der Waals surface area contributed by atoms with Crippen LogP contribution in [0.5, 0.6) is 0 Å². The molecule has 0 bridgehead atoms. The normalized spacial score (nSPS) is 16.2. The van der Waals surface area contributed by atoms with Gasteiger partial charge in [-0.2, -0.15) is 5.10 Å². The summed E-state index contributed by atoms with van der Waals surface area (Å²) in [6.45, 7) is 3.47. The van der Waals surface area contributed by atoms with Crippen LogP contribution in [0.2, 0.25) is 0 Å². The highest BCUT2D eigenvalue weighted by molar-refractivity contribution is 5.61. The number of nitrogens with zero attached hydrogens (tertiary/aromatic N) is 2. The molecule has 0 saturated carbocycles. The van der Waals surface area contributed by atoms with Gasteiger partial charge in [-0.1, -0.05) is 24.3 Å². The van der Waals surface area contributed by atoms with Crippen LogP contribution in [0, 0.1) is 5.92 Å². The van der Waals surface area contributed by atoms with Crippen molar-refractivity contribution in [3.63, 3.8) is 0 Å². The summed E-state index contributed by atoms with van der Waals surface area (Å²) in [5.74, 6) is 0.693. The van der Waals surface area contributed by atoms with Gasteiger partial charge in [0.05, 0.1) is 6.20 Å². The molecule has 0 radical (unpaired) electrons. The largest absolute Gasteiger partial charge is 0.381 e. The van der Waals surface area contributed by atoms with Crippen molar-refractivity contribution < 1.29 is 4.74 Å². The zero-order valence-corrected chi connectivity index (χ0v) is 12.4. The van der Waals surface area contributed by atoms with Crippen LogP contribution in [-0.2, 0) is 17.7 Å². The first-order valence-electron chi connectivity index (χ1n) is 7.75. The van der Waals surface area contributed by atoms with Crippen molar-refractivity contribution in [1.29, 1.82) is 0 Å². The van der Waals surface area contributed by atoms with E-state index in [4.69, 9.17) is 10.5 Å². The van der Waals surface area contributed by atoms with Gasteiger partial charge >= 0.3 is 0 Å². The van der Waals surface area contributed by atoms with Crippen LogP contribution in [0.25, 0.3) is 11.1 Å². The summed E-state index contributed by atoms with van der Waals surface area (Å²) in [7, 11) is 0. The van der Waals surface area contributed by atoms with Gasteiger partial charge in [-0.15, -0.1) is 0 Å². The summed E-state index contributed by atoms with van der Waals surface area (Å²) in [6, 6.07) is 8.61. The Bertz CT molecular complexity index is 556.